The van der Waals surface area contributed by atoms with Gasteiger partial charge in [-0.15, -0.1) is 11.3 Å². The molecule has 0 radical (unpaired) electrons. The Labute approximate surface area is 155 Å². The van der Waals surface area contributed by atoms with Gasteiger partial charge in [0.15, 0.2) is 5.70 Å². The lowest BCUT2D eigenvalue weighted by atomic mass is 10.1. The van der Waals surface area contributed by atoms with Crippen molar-refractivity contribution in [2.24, 2.45) is 11.6 Å². The second-order valence-electron chi connectivity index (χ2n) is 5.40. The second-order valence-corrected chi connectivity index (χ2v) is 6.29. The summed E-state index contributed by atoms with van der Waals surface area (Å²) in [5, 5.41) is 12.0. The van der Waals surface area contributed by atoms with Crippen molar-refractivity contribution in [1.82, 2.24) is 10.4 Å². The van der Waals surface area contributed by atoms with Gasteiger partial charge in [-0.3, -0.25) is 0 Å². The fraction of sp³-hybridized carbons (Fsp3) is 0.0526. The lowest BCUT2D eigenvalue weighted by Gasteiger charge is -2.10. The van der Waals surface area contributed by atoms with E-state index in [9.17, 15) is 0 Å². The lowest BCUT2D eigenvalue weighted by Crippen LogP contribution is -2.23. The molecular weight excluding hydrogens is 346 g/mol. The SMILES string of the molecule is N#C/C(NN)=C(/N)c1cccc(OCc2ccc(-c3nccs3)cc2)c1. The molecule has 3 rings (SSSR count). The zero-order chi connectivity index (χ0) is 18.4. The molecule has 6 nitrogen and oxygen atoms in total. The van der Waals surface area contributed by atoms with E-state index in [2.05, 4.69) is 10.4 Å². The van der Waals surface area contributed by atoms with Crippen molar-refractivity contribution < 1.29 is 4.74 Å². The number of allylic oxidation sites excluding steroid dienone is 1. The summed E-state index contributed by atoms with van der Waals surface area (Å²) >= 11 is 1.61. The highest BCUT2D eigenvalue weighted by molar-refractivity contribution is 7.13. The molecule has 26 heavy (non-hydrogen) atoms. The van der Waals surface area contributed by atoms with Crippen molar-refractivity contribution in [3.8, 4) is 22.4 Å². The standard InChI is InChI=1S/C19H17N5OS/c20-11-17(24-22)18(21)15-2-1-3-16(10-15)25-12-13-4-6-14(7-5-13)19-23-8-9-26-19/h1-10,24H,12,21-22H2/b18-17-. The minimum Gasteiger partial charge on any atom is -0.489 e. The number of hydrazine groups is 1. The number of benzene rings is 2. The van der Waals surface area contributed by atoms with Gasteiger partial charge >= 0.3 is 0 Å². The van der Waals surface area contributed by atoms with E-state index in [-0.39, 0.29) is 11.4 Å². The minimum atomic E-state index is 0.111. The van der Waals surface area contributed by atoms with Gasteiger partial charge in [0.05, 0.1) is 5.70 Å². The van der Waals surface area contributed by atoms with Crippen LogP contribution in [0.1, 0.15) is 11.1 Å². The van der Waals surface area contributed by atoms with Crippen LogP contribution in [-0.2, 0) is 6.61 Å². The summed E-state index contributed by atoms with van der Waals surface area (Å²) in [6, 6.07) is 17.2. The highest BCUT2D eigenvalue weighted by Gasteiger charge is 2.06. The summed E-state index contributed by atoms with van der Waals surface area (Å²) in [7, 11) is 0. The Kier molecular flexibility index (Phi) is 5.49. The number of hydrogen-bond acceptors (Lipinski definition) is 7. The van der Waals surface area contributed by atoms with Gasteiger partial charge in [-0.2, -0.15) is 5.26 Å². The van der Waals surface area contributed by atoms with Crippen molar-refractivity contribution >= 4 is 17.0 Å². The quantitative estimate of drug-likeness (QED) is 0.353. The number of nitrogens with zero attached hydrogens (tertiary/aromatic N) is 2. The van der Waals surface area contributed by atoms with E-state index in [1.54, 1.807) is 29.7 Å². The largest absolute Gasteiger partial charge is 0.489 e. The number of aromatic nitrogens is 1. The number of thiazole rings is 1. The summed E-state index contributed by atoms with van der Waals surface area (Å²) in [6.45, 7) is 0.422. The molecule has 0 atom stereocenters. The van der Waals surface area contributed by atoms with Crippen LogP contribution in [0.3, 0.4) is 0 Å². The molecule has 1 heterocycles. The Balaban J connectivity index is 1.70. The molecule has 0 aliphatic carbocycles. The van der Waals surface area contributed by atoms with Crippen molar-refractivity contribution in [1.29, 1.82) is 5.26 Å². The molecule has 2 aromatic carbocycles. The van der Waals surface area contributed by atoms with Gasteiger partial charge in [0.25, 0.3) is 0 Å². The normalized spacial score (nSPS) is 11.4. The molecule has 0 unspecified atom stereocenters. The number of nitrogens with one attached hydrogen (secondary N) is 1. The molecule has 0 saturated carbocycles. The minimum absolute atomic E-state index is 0.111. The Morgan fingerprint density at radius 2 is 2.04 bits per heavy atom. The van der Waals surface area contributed by atoms with E-state index in [1.807, 2.05) is 47.8 Å². The first kappa shape index (κ1) is 17.5. The van der Waals surface area contributed by atoms with Gasteiger partial charge in [0.1, 0.15) is 23.4 Å². The number of rotatable bonds is 6. The third kappa shape index (κ3) is 4.00. The zero-order valence-electron chi connectivity index (χ0n) is 13.8. The maximum absolute atomic E-state index is 9.00. The fourth-order valence-corrected chi connectivity index (χ4v) is 2.99. The van der Waals surface area contributed by atoms with E-state index in [4.69, 9.17) is 21.6 Å². The summed E-state index contributed by atoms with van der Waals surface area (Å²) in [4.78, 5) is 4.30. The average Bonchev–Trinajstić information content (AvgIpc) is 3.23. The Hall–Kier alpha value is -3.34. The van der Waals surface area contributed by atoms with Gasteiger partial charge in [-0.1, -0.05) is 36.4 Å². The van der Waals surface area contributed by atoms with Gasteiger partial charge in [-0.05, 0) is 17.7 Å². The third-order valence-electron chi connectivity index (χ3n) is 3.71. The predicted octanol–water partition coefficient (Wildman–Crippen LogP) is 3.00. The molecule has 3 aromatic rings. The van der Waals surface area contributed by atoms with Crippen LogP contribution in [0.2, 0.25) is 0 Å². The van der Waals surface area contributed by atoms with E-state index in [0.717, 1.165) is 16.1 Å². The summed E-state index contributed by atoms with van der Waals surface area (Å²) in [6.07, 6.45) is 1.79. The van der Waals surface area contributed by atoms with Crippen molar-refractivity contribution in [3.05, 3.63) is 76.9 Å². The Morgan fingerprint density at radius 3 is 2.69 bits per heavy atom. The summed E-state index contributed by atoms with van der Waals surface area (Å²) in [5.74, 6) is 5.95. The van der Waals surface area contributed by atoms with Crippen LogP contribution in [0.15, 0.2) is 65.8 Å². The molecule has 0 saturated heterocycles. The fourth-order valence-electron chi connectivity index (χ4n) is 2.34. The van der Waals surface area contributed by atoms with E-state index >= 15 is 0 Å². The Bertz CT molecular complexity index is 943. The molecule has 0 aliphatic heterocycles. The molecule has 1 aromatic heterocycles. The monoisotopic (exact) mass is 363 g/mol. The predicted molar refractivity (Wildman–Crippen MR) is 102 cm³/mol. The molecule has 0 fully saturated rings. The van der Waals surface area contributed by atoms with Gasteiger partial charge in [-0.25, -0.2) is 10.8 Å². The van der Waals surface area contributed by atoms with Crippen LogP contribution in [0.5, 0.6) is 5.75 Å². The molecular formula is C19H17N5OS. The number of ether oxygens (including phenoxy) is 1. The average molecular weight is 363 g/mol. The van der Waals surface area contributed by atoms with Crippen LogP contribution < -0.4 is 21.7 Å². The summed E-state index contributed by atoms with van der Waals surface area (Å²) in [5.41, 5.74) is 11.4. The zero-order valence-corrected chi connectivity index (χ0v) is 14.7. The number of hydrogen-bond donors (Lipinski definition) is 3. The van der Waals surface area contributed by atoms with Crippen molar-refractivity contribution in [2.45, 2.75) is 6.61 Å². The van der Waals surface area contributed by atoms with Crippen molar-refractivity contribution in [2.75, 3.05) is 0 Å². The van der Waals surface area contributed by atoms with Crippen LogP contribution in [0.4, 0.5) is 0 Å². The van der Waals surface area contributed by atoms with Gasteiger partial charge in [0, 0.05) is 22.7 Å². The number of nitrogens with two attached hydrogens (primary N) is 2. The molecule has 0 spiro atoms. The molecule has 0 aliphatic rings. The van der Waals surface area contributed by atoms with Crippen LogP contribution in [-0.4, -0.2) is 4.98 Å². The highest BCUT2D eigenvalue weighted by Crippen LogP contribution is 2.23. The van der Waals surface area contributed by atoms with Crippen LogP contribution in [0.25, 0.3) is 16.3 Å². The van der Waals surface area contributed by atoms with Gasteiger partial charge in [0.2, 0.25) is 0 Å². The van der Waals surface area contributed by atoms with Crippen LogP contribution in [0, 0.1) is 11.3 Å². The molecule has 7 heteroatoms. The first-order valence-electron chi connectivity index (χ1n) is 7.80. The molecule has 130 valence electrons. The highest BCUT2D eigenvalue weighted by atomic mass is 32.1. The number of nitriles is 1. The van der Waals surface area contributed by atoms with Gasteiger partial charge < -0.3 is 15.9 Å². The van der Waals surface area contributed by atoms with E-state index in [1.165, 1.54) is 0 Å². The second kappa shape index (κ2) is 8.16. The van der Waals surface area contributed by atoms with E-state index in [0.29, 0.717) is 17.9 Å². The molecule has 0 bridgehead atoms. The summed E-state index contributed by atoms with van der Waals surface area (Å²) < 4.78 is 5.83. The smallest absolute Gasteiger partial charge is 0.151 e. The first-order valence-corrected chi connectivity index (χ1v) is 8.67. The Morgan fingerprint density at radius 1 is 1.23 bits per heavy atom. The molecule has 0 amide bonds. The maximum atomic E-state index is 9.00. The van der Waals surface area contributed by atoms with Crippen molar-refractivity contribution in [3.63, 3.8) is 0 Å². The lowest BCUT2D eigenvalue weighted by molar-refractivity contribution is 0.306. The maximum Gasteiger partial charge on any atom is 0.151 e. The molecule has 5 N–H and O–H groups in total. The third-order valence-corrected chi connectivity index (χ3v) is 4.53. The van der Waals surface area contributed by atoms with E-state index < -0.39 is 0 Å². The topological polar surface area (TPSA) is 110 Å². The van der Waals surface area contributed by atoms with Crippen LogP contribution >= 0.6 is 11.3 Å². The first-order chi connectivity index (χ1) is 12.7.